The molecule has 1 aromatic rings. The van der Waals surface area contributed by atoms with Crippen LogP contribution in [0, 0.1) is 0 Å². The molecule has 5 nitrogen and oxygen atoms in total. The molecule has 1 atom stereocenters. The maximum Gasteiger partial charge on any atom is 0.354 e. The van der Waals surface area contributed by atoms with Crippen molar-refractivity contribution < 1.29 is 9.90 Å². The molecule has 7 heteroatoms. The summed E-state index contributed by atoms with van der Waals surface area (Å²) in [5.41, 5.74) is 7.53. The Hall–Kier alpha value is -0.880. The standard InChI is InChI=1S/C9H11N3O2.2ClH/c10-6-4-11-3-5-1-2-7(9(13)14)12-8(5)6;;/h1-2,6,11H,3-4,10H2,(H,13,14);2*1H. The maximum absolute atomic E-state index is 10.7. The van der Waals surface area contributed by atoms with E-state index < -0.39 is 5.97 Å². The van der Waals surface area contributed by atoms with Crippen molar-refractivity contribution >= 4 is 30.8 Å². The Morgan fingerprint density at radius 1 is 1.50 bits per heavy atom. The minimum atomic E-state index is -1.02. The van der Waals surface area contributed by atoms with Crippen LogP contribution in [0.2, 0.25) is 0 Å². The average Bonchev–Trinajstić information content (AvgIpc) is 2.18. The minimum Gasteiger partial charge on any atom is -0.477 e. The molecule has 0 saturated heterocycles. The topological polar surface area (TPSA) is 88.2 Å². The van der Waals surface area contributed by atoms with Crippen LogP contribution in [0.15, 0.2) is 12.1 Å². The SMILES string of the molecule is Cl.Cl.NC1CNCc2ccc(C(=O)O)nc21. The molecule has 90 valence electrons. The van der Waals surface area contributed by atoms with E-state index in [9.17, 15) is 4.79 Å². The Labute approximate surface area is 105 Å². The first-order valence-corrected chi connectivity index (χ1v) is 4.38. The smallest absolute Gasteiger partial charge is 0.354 e. The third-order valence-corrected chi connectivity index (χ3v) is 2.26. The summed E-state index contributed by atoms with van der Waals surface area (Å²) in [6, 6.07) is 3.05. The number of rotatable bonds is 1. The summed E-state index contributed by atoms with van der Waals surface area (Å²) in [5, 5.41) is 11.9. The Morgan fingerprint density at radius 3 is 2.81 bits per heavy atom. The molecule has 0 bridgehead atoms. The van der Waals surface area contributed by atoms with Crippen LogP contribution >= 0.6 is 24.8 Å². The highest BCUT2D eigenvalue weighted by molar-refractivity contribution is 5.86. The van der Waals surface area contributed by atoms with Gasteiger partial charge in [-0.25, -0.2) is 9.78 Å². The first-order valence-electron chi connectivity index (χ1n) is 4.38. The second-order valence-electron chi connectivity index (χ2n) is 3.28. The molecule has 0 fully saturated rings. The van der Waals surface area contributed by atoms with E-state index in [-0.39, 0.29) is 36.5 Å². The number of aromatic nitrogens is 1. The number of fused-ring (bicyclic) bond motifs is 1. The Morgan fingerprint density at radius 2 is 2.19 bits per heavy atom. The molecule has 0 amide bonds. The second kappa shape index (κ2) is 6.00. The minimum absolute atomic E-state index is 0. The van der Waals surface area contributed by atoms with Gasteiger partial charge in [-0.3, -0.25) is 0 Å². The summed E-state index contributed by atoms with van der Waals surface area (Å²) in [4.78, 5) is 14.7. The fourth-order valence-electron chi connectivity index (χ4n) is 1.55. The summed E-state index contributed by atoms with van der Waals surface area (Å²) in [6.45, 7) is 1.35. The van der Waals surface area contributed by atoms with Crippen LogP contribution in [0.3, 0.4) is 0 Å². The zero-order chi connectivity index (χ0) is 10.1. The molecule has 1 aliphatic rings. The Bertz CT molecular complexity index is 387. The zero-order valence-electron chi connectivity index (χ0n) is 8.34. The first-order chi connectivity index (χ1) is 6.68. The fraction of sp³-hybridized carbons (Fsp3) is 0.333. The summed E-state index contributed by atoms with van der Waals surface area (Å²) < 4.78 is 0. The van der Waals surface area contributed by atoms with Crippen LogP contribution < -0.4 is 11.1 Å². The van der Waals surface area contributed by atoms with E-state index in [0.29, 0.717) is 18.8 Å². The highest BCUT2D eigenvalue weighted by atomic mass is 35.5. The number of carbonyl (C=O) groups is 1. The number of carboxylic acid groups (broad SMARTS) is 1. The van der Waals surface area contributed by atoms with Gasteiger partial charge in [0, 0.05) is 13.1 Å². The number of nitrogens with one attached hydrogen (secondary N) is 1. The predicted molar refractivity (Wildman–Crippen MR) is 64.3 cm³/mol. The van der Waals surface area contributed by atoms with Crippen molar-refractivity contribution in [2.24, 2.45) is 5.73 Å². The third kappa shape index (κ3) is 2.82. The molecule has 2 rings (SSSR count). The normalized spacial score (nSPS) is 17.7. The first kappa shape index (κ1) is 15.1. The monoisotopic (exact) mass is 265 g/mol. The van der Waals surface area contributed by atoms with Gasteiger partial charge in [-0.1, -0.05) is 6.07 Å². The van der Waals surface area contributed by atoms with Gasteiger partial charge in [0.1, 0.15) is 5.69 Å². The number of pyridine rings is 1. The molecular weight excluding hydrogens is 253 g/mol. The van der Waals surface area contributed by atoms with Crippen LogP contribution in [-0.2, 0) is 6.54 Å². The van der Waals surface area contributed by atoms with Gasteiger partial charge in [0.25, 0.3) is 0 Å². The van der Waals surface area contributed by atoms with Gasteiger partial charge in [-0.2, -0.15) is 0 Å². The largest absolute Gasteiger partial charge is 0.477 e. The van der Waals surface area contributed by atoms with Crippen LogP contribution in [0.1, 0.15) is 27.8 Å². The number of halogens is 2. The van der Waals surface area contributed by atoms with Gasteiger partial charge in [0.15, 0.2) is 0 Å². The predicted octanol–water partition coefficient (Wildman–Crippen LogP) is 0.726. The Kier molecular flexibility index (Phi) is 5.67. The summed E-state index contributed by atoms with van der Waals surface area (Å²) in [5.74, 6) is -1.02. The molecular formula is C9H13Cl2N3O2. The van der Waals surface area contributed by atoms with Crippen molar-refractivity contribution in [2.45, 2.75) is 12.6 Å². The molecule has 2 heterocycles. The molecule has 4 N–H and O–H groups in total. The van der Waals surface area contributed by atoms with E-state index in [4.69, 9.17) is 10.8 Å². The van der Waals surface area contributed by atoms with Crippen LogP contribution in [0.5, 0.6) is 0 Å². The molecule has 16 heavy (non-hydrogen) atoms. The van der Waals surface area contributed by atoms with E-state index >= 15 is 0 Å². The highest BCUT2D eigenvalue weighted by Gasteiger charge is 2.19. The number of hydrogen-bond acceptors (Lipinski definition) is 4. The molecule has 0 aliphatic carbocycles. The molecule has 1 aliphatic heterocycles. The van der Waals surface area contributed by atoms with E-state index in [1.54, 1.807) is 6.07 Å². The van der Waals surface area contributed by atoms with Gasteiger partial charge in [-0.15, -0.1) is 24.8 Å². The van der Waals surface area contributed by atoms with E-state index in [0.717, 1.165) is 5.56 Å². The van der Waals surface area contributed by atoms with Crippen LogP contribution in [0.25, 0.3) is 0 Å². The molecule has 1 aromatic heterocycles. The van der Waals surface area contributed by atoms with Crippen molar-refractivity contribution in [2.75, 3.05) is 6.54 Å². The van der Waals surface area contributed by atoms with Crippen molar-refractivity contribution in [3.05, 3.63) is 29.1 Å². The summed E-state index contributed by atoms with van der Waals surface area (Å²) in [7, 11) is 0. The summed E-state index contributed by atoms with van der Waals surface area (Å²) >= 11 is 0. The Balaban J connectivity index is 0.00000112. The fourth-order valence-corrected chi connectivity index (χ4v) is 1.55. The number of nitrogens with two attached hydrogens (primary N) is 1. The molecule has 1 unspecified atom stereocenters. The zero-order valence-corrected chi connectivity index (χ0v) is 9.98. The van der Waals surface area contributed by atoms with Gasteiger partial charge in [0.2, 0.25) is 0 Å². The summed E-state index contributed by atoms with van der Waals surface area (Å²) in [6.07, 6.45) is 0. The molecule has 0 spiro atoms. The maximum atomic E-state index is 10.7. The number of aromatic carboxylic acids is 1. The van der Waals surface area contributed by atoms with Gasteiger partial charge < -0.3 is 16.2 Å². The lowest BCUT2D eigenvalue weighted by molar-refractivity contribution is 0.0690. The van der Waals surface area contributed by atoms with Gasteiger partial charge >= 0.3 is 5.97 Å². The second-order valence-corrected chi connectivity index (χ2v) is 3.28. The van der Waals surface area contributed by atoms with Crippen LogP contribution in [0.4, 0.5) is 0 Å². The molecule has 0 saturated carbocycles. The van der Waals surface area contributed by atoms with Gasteiger partial charge in [0.05, 0.1) is 11.7 Å². The van der Waals surface area contributed by atoms with Crippen molar-refractivity contribution in [1.29, 1.82) is 0 Å². The van der Waals surface area contributed by atoms with Crippen LogP contribution in [-0.4, -0.2) is 22.6 Å². The van der Waals surface area contributed by atoms with Crippen molar-refractivity contribution in [3.63, 3.8) is 0 Å². The highest BCUT2D eigenvalue weighted by Crippen LogP contribution is 2.18. The van der Waals surface area contributed by atoms with Crippen molar-refractivity contribution in [1.82, 2.24) is 10.3 Å². The molecule has 0 aromatic carbocycles. The number of hydrogen-bond donors (Lipinski definition) is 3. The van der Waals surface area contributed by atoms with Crippen molar-refractivity contribution in [3.8, 4) is 0 Å². The quantitative estimate of drug-likeness (QED) is 0.697. The lowest BCUT2D eigenvalue weighted by atomic mass is 10.0. The average molecular weight is 266 g/mol. The number of nitrogens with zero attached hydrogens (tertiary/aromatic N) is 1. The lowest BCUT2D eigenvalue weighted by Gasteiger charge is -2.22. The van der Waals surface area contributed by atoms with E-state index in [1.807, 2.05) is 0 Å². The molecule has 0 radical (unpaired) electrons. The van der Waals surface area contributed by atoms with E-state index in [2.05, 4.69) is 10.3 Å². The van der Waals surface area contributed by atoms with E-state index in [1.165, 1.54) is 6.07 Å². The lowest BCUT2D eigenvalue weighted by Crippen LogP contribution is -2.34. The number of carboxylic acids is 1. The van der Waals surface area contributed by atoms with Gasteiger partial charge in [-0.05, 0) is 11.6 Å². The third-order valence-electron chi connectivity index (χ3n) is 2.26.